The van der Waals surface area contributed by atoms with E-state index in [2.05, 4.69) is 43.8 Å². The summed E-state index contributed by atoms with van der Waals surface area (Å²) in [7, 11) is -3.55. The summed E-state index contributed by atoms with van der Waals surface area (Å²) in [6.07, 6.45) is 7.67. The zero-order valence-corrected chi connectivity index (χ0v) is 29.7. The fourth-order valence-corrected chi connectivity index (χ4v) is 7.22. The van der Waals surface area contributed by atoms with Crippen molar-refractivity contribution in [2.24, 2.45) is 0 Å². The van der Waals surface area contributed by atoms with Gasteiger partial charge in [-0.05, 0) is 81.3 Å². The highest BCUT2D eigenvalue weighted by Crippen LogP contribution is 2.39. The van der Waals surface area contributed by atoms with E-state index in [4.69, 9.17) is 13.7 Å². The van der Waals surface area contributed by atoms with Crippen molar-refractivity contribution >= 4 is 33.6 Å². The number of hydrogen-bond donors (Lipinski definition) is 2. The predicted octanol–water partition coefficient (Wildman–Crippen LogP) is 5.73. The molecular weight excluding hydrogens is 673 g/mol. The van der Waals surface area contributed by atoms with Crippen LogP contribution in [0, 0.1) is 6.92 Å². The lowest BCUT2D eigenvalue weighted by atomic mass is 9.85. The van der Waals surface area contributed by atoms with Crippen LogP contribution in [0.3, 0.4) is 0 Å². The Labute approximate surface area is 296 Å². The number of nitrogens with zero attached hydrogens (tertiary/aromatic N) is 6. The van der Waals surface area contributed by atoms with Crippen molar-refractivity contribution < 1.29 is 26.9 Å². The van der Waals surface area contributed by atoms with Crippen LogP contribution in [0.5, 0.6) is 11.5 Å². The summed E-state index contributed by atoms with van der Waals surface area (Å²) in [5.41, 5.74) is 4.19. The second-order valence-electron chi connectivity index (χ2n) is 13.0. The second-order valence-corrected chi connectivity index (χ2v) is 14.7. The van der Waals surface area contributed by atoms with Gasteiger partial charge in [-0.25, -0.2) is 9.48 Å². The summed E-state index contributed by atoms with van der Waals surface area (Å²) < 4.78 is 43.1. The first-order valence-corrected chi connectivity index (χ1v) is 19.0. The van der Waals surface area contributed by atoms with Crippen LogP contribution in [0.2, 0.25) is 0 Å². The SMILES string of the molecule is Cc1cc(NC(=O)N[C@H]2CC[C@@H](Oc3ccc4nnc(N5CCCC[C@@H]5C)n4c3)c3ccccc32)n(-c2cccc(OCCOS(C)(=O)=O)c2)n1. The van der Waals surface area contributed by atoms with Crippen LogP contribution in [0.15, 0.2) is 72.9 Å². The highest BCUT2D eigenvalue weighted by atomic mass is 32.2. The third-order valence-electron chi connectivity index (χ3n) is 9.22. The first-order valence-electron chi connectivity index (χ1n) is 17.2. The number of nitrogens with one attached hydrogen (secondary N) is 2. The maximum atomic E-state index is 13.5. The fraction of sp³-hybridized carbons (Fsp3) is 0.389. The Hall–Kier alpha value is -5.15. The van der Waals surface area contributed by atoms with Crippen LogP contribution in [-0.2, 0) is 14.3 Å². The van der Waals surface area contributed by atoms with Crippen molar-refractivity contribution in [2.45, 2.75) is 64.1 Å². The monoisotopic (exact) mass is 714 g/mol. The Balaban J connectivity index is 1.02. The Morgan fingerprint density at radius 1 is 0.941 bits per heavy atom. The van der Waals surface area contributed by atoms with E-state index >= 15 is 0 Å². The fourth-order valence-electron chi connectivity index (χ4n) is 6.85. The highest BCUT2D eigenvalue weighted by Gasteiger charge is 2.30. The number of urea groups is 1. The third-order valence-corrected chi connectivity index (χ3v) is 9.82. The van der Waals surface area contributed by atoms with E-state index in [1.165, 1.54) is 6.42 Å². The number of benzene rings is 2. The van der Waals surface area contributed by atoms with Gasteiger partial charge in [0.1, 0.15) is 36.6 Å². The summed E-state index contributed by atoms with van der Waals surface area (Å²) in [6.45, 7) is 4.98. The quantitative estimate of drug-likeness (QED) is 0.128. The molecule has 1 aliphatic heterocycles. The lowest BCUT2D eigenvalue weighted by molar-refractivity contribution is 0.171. The van der Waals surface area contributed by atoms with Crippen molar-refractivity contribution in [3.8, 4) is 17.2 Å². The Bertz CT molecular complexity index is 2130. The van der Waals surface area contributed by atoms with Gasteiger partial charge in [-0.15, -0.1) is 10.2 Å². The molecule has 3 atom stereocenters. The zero-order valence-electron chi connectivity index (χ0n) is 28.9. The molecule has 7 rings (SSSR count). The molecule has 2 N–H and O–H groups in total. The van der Waals surface area contributed by atoms with Gasteiger partial charge in [-0.1, -0.05) is 30.3 Å². The summed E-state index contributed by atoms with van der Waals surface area (Å²) in [5.74, 6) is 2.56. The van der Waals surface area contributed by atoms with Crippen molar-refractivity contribution in [3.05, 3.63) is 89.7 Å². The lowest BCUT2D eigenvalue weighted by Gasteiger charge is -2.33. The number of carbonyl (C=O) groups is 1. The Kier molecular flexibility index (Phi) is 9.82. The molecule has 2 aliphatic rings. The topological polar surface area (TPSA) is 154 Å². The number of pyridine rings is 1. The van der Waals surface area contributed by atoms with Gasteiger partial charge in [0.2, 0.25) is 5.95 Å². The number of amides is 2. The van der Waals surface area contributed by atoms with Crippen LogP contribution < -0.4 is 25.0 Å². The van der Waals surface area contributed by atoms with E-state index in [9.17, 15) is 13.2 Å². The number of rotatable bonds is 11. The van der Waals surface area contributed by atoms with Gasteiger partial charge < -0.3 is 19.7 Å². The molecule has 5 aromatic rings. The molecule has 3 aromatic heterocycles. The minimum atomic E-state index is -3.55. The molecule has 0 radical (unpaired) electrons. The van der Waals surface area contributed by atoms with Gasteiger partial charge in [0.15, 0.2) is 5.65 Å². The molecule has 0 saturated carbocycles. The molecule has 15 heteroatoms. The molecule has 14 nitrogen and oxygen atoms in total. The number of fused-ring (bicyclic) bond motifs is 2. The Morgan fingerprint density at radius 3 is 2.61 bits per heavy atom. The van der Waals surface area contributed by atoms with Crippen molar-refractivity contribution in [1.29, 1.82) is 0 Å². The van der Waals surface area contributed by atoms with E-state index in [0.29, 0.717) is 41.8 Å². The minimum Gasteiger partial charge on any atom is -0.491 e. The molecule has 0 unspecified atom stereocenters. The number of anilines is 2. The van der Waals surface area contributed by atoms with Gasteiger partial charge in [0.05, 0.1) is 29.9 Å². The summed E-state index contributed by atoms with van der Waals surface area (Å²) in [4.78, 5) is 15.8. The molecule has 0 bridgehead atoms. The molecular formula is C36H42N8O6S. The number of carbonyl (C=O) groups excluding carboxylic acids is 1. The summed E-state index contributed by atoms with van der Waals surface area (Å²) in [6, 6.07) is 20.7. The van der Waals surface area contributed by atoms with Crippen LogP contribution in [0.1, 0.15) is 68.0 Å². The molecule has 51 heavy (non-hydrogen) atoms. The minimum absolute atomic E-state index is 0.0489. The number of aryl methyl sites for hydroxylation is 1. The Morgan fingerprint density at radius 2 is 1.78 bits per heavy atom. The van der Waals surface area contributed by atoms with Gasteiger partial charge in [-0.3, -0.25) is 13.9 Å². The van der Waals surface area contributed by atoms with E-state index in [1.54, 1.807) is 28.9 Å². The molecule has 2 aromatic carbocycles. The maximum Gasteiger partial charge on any atom is 0.320 e. The van der Waals surface area contributed by atoms with Crippen LogP contribution in [0.4, 0.5) is 16.6 Å². The average molecular weight is 715 g/mol. The summed E-state index contributed by atoms with van der Waals surface area (Å²) >= 11 is 0. The third kappa shape index (κ3) is 7.94. The first kappa shape index (κ1) is 34.3. The highest BCUT2D eigenvalue weighted by molar-refractivity contribution is 7.85. The van der Waals surface area contributed by atoms with Gasteiger partial charge in [-0.2, -0.15) is 13.5 Å². The smallest absolute Gasteiger partial charge is 0.320 e. The van der Waals surface area contributed by atoms with Gasteiger partial charge >= 0.3 is 6.03 Å². The number of aromatic nitrogens is 5. The van der Waals surface area contributed by atoms with Crippen molar-refractivity contribution in [3.63, 3.8) is 0 Å². The van der Waals surface area contributed by atoms with Crippen molar-refractivity contribution in [2.75, 3.05) is 36.2 Å². The average Bonchev–Trinajstić information content (AvgIpc) is 3.70. The molecule has 268 valence electrons. The van der Waals surface area contributed by atoms with Crippen LogP contribution >= 0.6 is 0 Å². The molecule has 0 spiro atoms. The largest absolute Gasteiger partial charge is 0.491 e. The lowest BCUT2D eigenvalue weighted by Crippen LogP contribution is -2.38. The van der Waals surface area contributed by atoms with Crippen LogP contribution in [0.25, 0.3) is 11.3 Å². The summed E-state index contributed by atoms with van der Waals surface area (Å²) in [5, 5.41) is 19.6. The number of ether oxygens (including phenoxy) is 2. The van der Waals surface area contributed by atoms with Gasteiger partial charge in [0, 0.05) is 24.7 Å². The number of hydrogen-bond acceptors (Lipinski definition) is 10. The maximum absolute atomic E-state index is 13.5. The molecule has 4 heterocycles. The van der Waals surface area contributed by atoms with E-state index < -0.39 is 10.1 Å². The van der Waals surface area contributed by atoms with Crippen molar-refractivity contribution in [1.82, 2.24) is 29.7 Å². The molecule has 1 aliphatic carbocycles. The zero-order chi connectivity index (χ0) is 35.5. The van der Waals surface area contributed by atoms with E-state index in [-0.39, 0.29) is 31.4 Å². The molecule has 1 saturated heterocycles. The second kappa shape index (κ2) is 14.6. The van der Waals surface area contributed by atoms with Crippen LogP contribution in [-0.4, -0.2) is 70.9 Å². The molecule has 1 fully saturated rings. The predicted molar refractivity (Wildman–Crippen MR) is 192 cm³/mol. The number of piperidine rings is 1. The van der Waals surface area contributed by atoms with E-state index in [0.717, 1.165) is 54.1 Å². The standard InChI is InChI=1S/C36H42N8O6S/c1-24-21-34(44(41-24)26-10-8-11-27(22-26)48-19-20-49-51(3,46)47)38-35(45)37-31-15-16-32(30-13-5-4-12-29(30)31)50-28-14-17-33-39-40-36(43(33)23-28)42-18-7-6-9-25(42)2/h4-5,8,10-14,17,21-23,25,31-32H,6-7,9,15-16,18-20H2,1-3H3,(H2,37,38,45)/t25-,31-,32+/m0/s1. The van der Waals surface area contributed by atoms with E-state index in [1.807, 2.05) is 53.9 Å². The normalized spacial score (nSPS) is 19.0. The molecule has 2 amide bonds. The van der Waals surface area contributed by atoms with Gasteiger partial charge in [0.25, 0.3) is 10.1 Å². The first-order chi connectivity index (χ1) is 24.6.